The predicted octanol–water partition coefficient (Wildman–Crippen LogP) is 3.20. The molecule has 0 bridgehead atoms. The molecular formula is C15H20N2OS. The van der Waals surface area contributed by atoms with E-state index in [0.29, 0.717) is 0 Å². The lowest BCUT2D eigenvalue weighted by Gasteiger charge is -2.15. The Morgan fingerprint density at radius 3 is 2.53 bits per heavy atom. The summed E-state index contributed by atoms with van der Waals surface area (Å²) in [7, 11) is 1.68. The third kappa shape index (κ3) is 3.56. The topological polar surface area (TPSA) is 47.3 Å². The molecule has 0 fully saturated rings. The zero-order valence-corrected chi connectivity index (χ0v) is 12.2. The Balaban J connectivity index is 1.98. The van der Waals surface area contributed by atoms with E-state index in [1.54, 1.807) is 18.4 Å². The normalized spacial score (nSPS) is 12.4. The van der Waals surface area contributed by atoms with E-state index in [1.165, 1.54) is 16.0 Å². The van der Waals surface area contributed by atoms with E-state index in [0.717, 1.165) is 18.6 Å². The van der Waals surface area contributed by atoms with Gasteiger partial charge in [-0.05, 0) is 54.5 Å². The molecule has 0 aliphatic rings. The molecule has 0 radical (unpaired) electrons. The van der Waals surface area contributed by atoms with Crippen LogP contribution in [0.15, 0.2) is 35.7 Å². The third-order valence-corrected chi connectivity index (χ3v) is 4.43. The molecule has 1 aromatic heterocycles. The lowest BCUT2D eigenvalue weighted by Crippen LogP contribution is -2.28. The van der Waals surface area contributed by atoms with E-state index in [-0.39, 0.29) is 6.04 Å². The van der Waals surface area contributed by atoms with Crippen LogP contribution in [0.4, 0.5) is 0 Å². The van der Waals surface area contributed by atoms with Crippen LogP contribution in [0.1, 0.15) is 28.5 Å². The molecule has 1 atom stereocenters. The summed E-state index contributed by atoms with van der Waals surface area (Å²) in [5.41, 5.74) is 5.53. The number of hydrogen-bond donors (Lipinski definition) is 2. The van der Waals surface area contributed by atoms with Crippen LogP contribution >= 0.6 is 11.3 Å². The number of methoxy groups -OCH3 is 1. The molecule has 0 aliphatic heterocycles. The van der Waals surface area contributed by atoms with E-state index in [4.69, 9.17) is 10.6 Å². The van der Waals surface area contributed by atoms with Gasteiger partial charge < -0.3 is 4.74 Å². The molecule has 0 saturated heterocycles. The van der Waals surface area contributed by atoms with Crippen molar-refractivity contribution >= 4 is 11.3 Å². The first-order chi connectivity index (χ1) is 9.24. The van der Waals surface area contributed by atoms with Gasteiger partial charge in [0.15, 0.2) is 0 Å². The van der Waals surface area contributed by atoms with Gasteiger partial charge in [-0.25, -0.2) is 0 Å². The van der Waals surface area contributed by atoms with E-state index in [2.05, 4.69) is 35.9 Å². The van der Waals surface area contributed by atoms with Crippen LogP contribution in [-0.2, 0) is 6.42 Å². The highest BCUT2D eigenvalue weighted by Gasteiger charge is 2.13. The molecule has 4 heteroatoms. The average Bonchev–Trinajstić information content (AvgIpc) is 2.87. The molecule has 1 aromatic carbocycles. The van der Waals surface area contributed by atoms with Crippen LogP contribution in [0, 0.1) is 6.92 Å². The quantitative estimate of drug-likeness (QED) is 0.629. The minimum absolute atomic E-state index is 0.224. The molecule has 19 heavy (non-hydrogen) atoms. The fraction of sp³-hybridized carbons (Fsp3) is 0.333. The van der Waals surface area contributed by atoms with Crippen molar-refractivity contribution in [2.75, 3.05) is 7.11 Å². The van der Waals surface area contributed by atoms with E-state index in [9.17, 15) is 0 Å². The van der Waals surface area contributed by atoms with Crippen molar-refractivity contribution in [2.45, 2.75) is 25.8 Å². The summed E-state index contributed by atoms with van der Waals surface area (Å²) in [6.45, 7) is 2.13. The Morgan fingerprint density at radius 1 is 1.26 bits per heavy atom. The van der Waals surface area contributed by atoms with Gasteiger partial charge in [0.25, 0.3) is 0 Å². The minimum Gasteiger partial charge on any atom is -0.497 e. The van der Waals surface area contributed by atoms with Crippen molar-refractivity contribution in [1.82, 2.24) is 5.43 Å². The zero-order chi connectivity index (χ0) is 13.7. The van der Waals surface area contributed by atoms with Crippen LogP contribution in [0.3, 0.4) is 0 Å². The second-order valence-electron chi connectivity index (χ2n) is 4.57. The average molecular weight is 276 g/mol. The molecule has 3 nitrogen and oxygen atoms in total. The van der Waals surface area contributed by atoms with Crippen LogP contribution < -0.4 is 16.0 Å². The number of hydrogen-bond acceptors (Lipinski definition) is 4. The lowest BCUT2D eigenvalue weighted by molar-refractivity contribution is 0.414. The molecule has 0 saturated carbocycles. The Bertz CT molecular complexity index is 507. The second kappa shape index (κ2) is 6.70. The number of thiophene rings is 1. The highest BCUT2D eigenvalue weighted by Crippen LogP contribution is 2.27. The molecule has 1 heterocycles. The van der Waals surface area contributed by atoms with Crippen molar-refractivity contribution < 1.29 is 4.74 Å². The van der Waals surface area contributed by atoms with Crippen LogP contribution in [0.2, 0.25) is 0 Å². The molecule has 3 N–H and O–H groups in total. The van der Waals surface area contributed by atoms with Crippen molar-refractivity contribution in [3.05, 3.63) is 51.7 Å². The summed E-state index contributed by atoms with van der Waals surface area (Å²) in [4.78, 5) is 1.33. The number of ether oxygens (including phenoxy) is 1. The van der Waals surface area contributed by atoms with Crippen LogP contribution in [0.25, 0.3) is 0 Å². The fourth-order valence-electron chi connectivity index (χ4n) is 2.13. The van der Waals surface area contributed by atoms with Gasteiger partial charge in [-0.1, -0.05) is 12.1 Å². The third-order valence-electron chi connectivity index (χ3n) is 3.30. The maximum absolute atomic E-state index is 5.68. The smallest absolute Gasteiger partial charge is 0.118 e. The molecule has 0 aliphatic carbocycles. The maximum atomic E-state index is 5.68. The van der Waals surface area contributed by atoms with E-state index in [1.807, 2.05) is 12.1 Å². The molecule has 0 amide bonds. The Kier molecular flexibility index (Phi) is 4.96. The number of benzene rings is 1. The standard InChI is InChI=1S/C15H20N2OS/c1-11-9-10-19-15(11)14(17-16)8-5-12-3-6-13(18-2)7-4-12/h3-4,6-7,9-10,14,17H,5,8,16H2,1-2H3. The van der Waals surface area contributed by atoms with Gasteiger partial charge >= 0.3 is 0 Å². The van der Waals surface area contributed by atoms with E-state index < -0.39 is 0 Å². The lowest BCUT2D eigenvalue weighted by atomic mass is 10.0. The first-order valence-electron chi connectivity index (χ1n) is 6.37. The maximum Gasteiger partial charge on any atom is 0.118 e. The molecular weight excluding hydrogens is 256 g/mol. The van der Waals surface area contributed by atoms with Crippen LogP contribution in [-0.4, -0.2) is 7.11 Å². The van der Waals surface area contributed by atoms with Crippen molar-refractivity contribution in [1.29, 1.82) is 0 Å². The van der Waals surface area contributed by atoms with Gasteiger partial charge in [-0.3, -0.25) is 11.3 Å². The summed E-state index contributed by atoms with van der Waals surface area (Å²) in [5, 5.41) is 2.11. The number of rotatable bonds is 6. The van der Waals surface area contributed by atoms with Gasteiger partial charge in [-0.2, -0.15) is 0 Å². The first-order valence-corrected chi connectivity index (χ1v) is 7.25. The van der Waals surface area contributed by atoms with E-state index >= 15 is 0 Å². The summed E-state index contributed by atoms with van der Waals surface area (Å²) in [5.74, 6) is 6.57. The Morgan fingerprint density at radius 2 is 2.00 bits per heavy atom. The summed E-state index contributed by atoms with van der Waals surface area (Å²) in [6.07, 6.45) is 1.99. The highest BCUT2D eigenvalue weighted by atomic mass is 32.1. The number of nitrogens with two attached hydrogens (primary N) is 1. The summed E-state index contributed by atoms with van der Waals surface area (Å²) < 4.78 is 5.16. The van der Waals surface area contributed by atoms with Crippen molar-refractivity contribution in [3.63, 3.8) is 0 Å². The van der Waals surface area contributed by atoms with Gasteiger partial charge in [0, 0.05) is 4.88 Å². The summed E-state index contributed by atoms with van der Waals surface area (Å²) >= 11 is 1.76. The zero-order valence-electron chi connectivity index (χ0n) is 11.3. The molecule has 2 rings (SSSR count). The summed E-state index contributed by atoms with van der Waals surface area (Å²) in [6, 6.07) is 10.6. The molecule has 0 spiro atoms. The van der Waals surface area contributed by atoms with Gasteiger partial charge in [0.2, 0.25) is 0 Å². The van der Waals surface area contributed by atoms with Crippen LogP contribution in [0.5, 0.6) is 5.75 Å². The SMILES string of the molecule is COc1ccc(CCC(NN)c2sccc2C)cc1. The number of hydrazine groups is 1. The monoisotopic (exact) mass is 276 g/mol. The second-order valence-corrected chi connectivity index (χ2v) is 5.52. The van der Waals surface area contributed by atoms with Crippen molar-refractivity contribution in [2.24, 2.45) is 5.84 Å². The number of aryl methyl sites for hydroxylation is 2. The van der Waals surface area contributed by atoms with Crippen molar-refractivity contribution in [3.8, 4) is 5.75 Å². The largest absolute Gasteiger partial charge is 0.497 e. The molecule has 102 valence electrons. The molecule has 1 unspecified atom stereocenters. The molecule has 2 aromatic rings. The van der Waals surface area contributed by atoms with Gasteiger partial charge in [-0.15, -0.1) is 11.3 Å². The first kappa shape index (κ1) is 14.1. The Labute approximate surface area is 118 Å². The minimum atomic E-state index is 0.224. The van der Waals surface area contributed by atoms with Gasteiger partial charge in [0.05, 0.1) is 13.2 Å². The van der Waals surface area contributed by atoms with Gasteiger partial charge in [0.1, 0.15) is 5.75 Å². The fourth-order valence-corrected chi connectivity index (χ4v) is 3.16. The predicted molar refractivity (Wildman–Crippen MR) is 80.4 cm³/mol. The number of nitrogens with one attached hydrogen (secondary N) is 1. The Hall–Kier alpha value is -1.36. The highest BCUT2D eigenvalue weighted by molar-refractivity contribution is 7.10.